The third-order valence-corrected chi connectivity index (χ3v) is 3.58. The van der Waals surface area contributed by atoms with Gasteiger partial charge < -0.3 is 0 Å². The maximum Gasteiger partial charge on any atom is 0.129 e. The van der Waals surface area contributed by atoms with Crippen LogP contribution in [0.3, 0.4) is 0 Å². The summed E-state index contributed by atoms with van der Waals surface area (Å²) in [6.45, 7) is 0. The Balaban J connectivity index is 1.99. The van der Waals surface area contributed by atoms with E-state index in [0.29, 0.717) is 5.15 Å². The first kappa shape index (κ1) is 11.4. The van der Waals surface area contributed by atoms with E-state index in [2.05, 4.69) is 15.1 Å². The molecule has 0 bridgehead atoms. The first-order valence-electron chi connectivity index (χ1n) is 5.29. The average Bonchev–Trinajstić information content (AvgIpc) is 2.97. The van der Waals surface area contributed by atoms with Crippen molar-refractivity contribution in [2.75, 3.05) is 0 Å². The van der Waals surface area contributed by atoms with Gasteiger partial charge in [0.05, 0.1) is 11.9 Å². The molecule has 3 aromatic heterocycles. The van der Waals surface area contributed by atoms with Gasteiger partial charge in [0.1, 0.15) is 10.2 Å². The van der Waals surface area contributed by atoms with Gasteiger partial charge in [0, 0.05) is 35.9 Å². The van der Waals surface area contributed by atoms with E-state index in [-0.39, 0.29) is 0 Å². The lowest BCUT2D eigenvalue weighted by Crippen LogP contribution is -1.84. The summed E-state index contributed by atoms with van der Waals surface area (Å²) in [4.78, 5) is 8.55. The maximum atomic E-state index is 5.87. The van der Waals surface area contributed by atoms with E-state index in [0.717, 1.165) is 21.8 Å². The summed E-state index contributed by atoms with van der Waals surface area (Å²) < 4.78 is 1.76. The molecule has 18 heavy (non-hydrogen) atoms. The molecule has 0 amide bonds. The molecule has 0 saturated carbocycles. The van der Waals surface area contributed by atoms with Crippen LogP contribution < -0.4 is 0 Å². The molecule has 0 aliphatic heterocycles. The molecule has 4 nitrogen and oxygen atoms in total. The smallest absolute Gasteiger partial charge is 0.129 e. The third kappa shape index (κ3) is 2.14. The topological polar surface area (TPSA) is 43.6 Å². The molecule has 0 fully saturated rings. The van der Waals surface area contributed by atoms with Crippen molar-refractivity contribution in [2.24, 2.45) is 7.05 Å². The van der Waals surface area contributed by atoms with E-state index in [1.807, 2.05) is 30.8 Å². The van der Waals surface area contributed by atoms with E-state index in [4.69, 9.17) is 11.6 Å². The lowest BCUT2D eigenvalue weighted by molar-refractivity contribution is 0.768. The molecule has 0 spiro atoms. The maximum absolute atomic E-state index is 5.87. The molecule has 0 N–H and O–H groups in total. The third-order valence-electron chi connectivity index (χ3n) is 2.48. The van der Waals surface area contributed by atoms with Gasteiger partial charge in [-0.3, -0.25) is 4.68 Å². The van der Waals surface area contributed by atoms with Gasteiger partial charge in [-0.05, 0) is 12.1 Å². The fraction of sp³-hybridized carbons (Fsp3) is 0.0833. The highest BCUT2D eigenvalue weighted by Gasteiger charge is 2.08. The molecule has 90 valence electrons. The number of halogens is 1. The number of aryl methyl sites for hydroxylation is 1. The summed E-state index contributed by atoms with van der Waals surface area (Å²) in [5.74, 6) is 0. The normalized spacial score (nSPS) is 10.8. The number of hydrogen-bond acceptors (Lipinski definition) is 4. The van der Waals surface area contributed by atoms with Crippen LogP contribution in [-0.2, 0) is 7.05 Å². The van der Waals surface area contributed by atoms with Crippen molar-refractivity contribution in [2.45, 2.75) is 0 Å². The van der Waals surface area contributed by atoms with Crippen LogP contribution in [0.1, 0.15) is 0 Å². The highest BCUT2D eigenvalue weighted by Crippen LogP contribution is 2.29. The molecule has 3 rings (SSSR count). The minimum absolute atomic E-state index is 0.477. The van der Waals surface area contributed by atoms with Gasteiger partial charge >= 0.3 is 0 Å². The summed E-state index contributed by atoms with van der Waals surface area (Å²) in [6, 6.07) is 3.71. The quantitative estimate of drug-likeness (QED) is 0.675. The number of thiazole rings is 1. The van der Waals surface area contributed by atoms with E-state index < -0.39 is 0 Å². The first-order valence-corrected chi connectivity index (χ1v) is 6.54. The average molecular weight is 277 g/mol. The monoisotopic (exact) mass is 276 g/mol. The Labute approximate surface area is 113 Å². The summed E-state index contributed by atoms with van der Waals surface area (Å²) in [5.41, 5.74) is 2.92. The molecule has 0 atom stereocenters. The predicted octanol–water partition coefficient (Wildman–Crippen LogP) is 3.26. The van der Waals surface area contributed by atoms with Crippen LogP contribution in [0.25, 0.3) is 21.8 Å². The fourth-order valence-electron chi connectivity index (χ4n) is 1.63. The lowest BCUT2D eigenvalue weighted by atomic mass is 10.2. The molecule has 3 aromatic rings. The second-order valence-corrected chi connectivity index (χ2v) is 5.05. The number of rotatable bonds is 2. The van der Waals surface area contributed by atoms with E-state index in [9.17, 15) is 0 Å². The summed E-state index contributed by atoms with van der Waals surface area (Å²) in [5, 5.41) is 7.56. The Kier molecular flexibility index (Phi) is 2.85. The van der Waals surface area contributed by atoms with Crippen LogP contribution in [0.5, 0.6) is 0 Å². The van der Waals surface area contributed by atoms with Gasteiger partial charge in [-0.2, -0.15) is 5.10 Å². The molecule has 0 aliphatic rings. The molecular formula is C12H9ClN4S. The minimum Gasteiger partial charge on any atom is -0.275 e. The Morgan fingerprint density at radius 1 is 1.33 bits per heavy atom. The van der Waals surface area contributed by atoms with Crippen LogP contribution in [0.4, 0.5) is 0 Å². The zero-order valence-corrected chi connectivity index (χ0v) is 11.1. The van der Waals surface area contributed by atoms with Crippen molar-refractivity contribution in [3.63, 3.8) is 0 Å². The predicted molar refractivity (Wildman–Crippen MR) is 72.6 cm³/mol. The molecular weight excluding hydrogens is 268 g/mol. The molecule has 0 radical (unpaired) electrons. The van der Waals surface area contributed by atoms with Gasteiger partial charge in [-0.1, -0.05) is 11.6 Å². The van der Waals surface area contributed by atoms with Gasteiger partial charge in [0.15, 0.2) is 0 Å². The first-order chi connectivity index (χ1) is 8.72. The second kappa shape index (κ2) is 4.51. The Morgan fingerprint density at radius 2 is 2.22 bits per heavy atom. The van der Waals surface area contributed by atoms with Crippen molar-refractivity contribution in [3.05, 3.63) is 41.3 Å². The number of aromatic nitrogens is 4. The SMILES string of the molecule is Cn1cc(-c2csc(-c3ccnc(Cl)c3)n2)cn1. The van der Waals surface area contributed by atoms with Gasteiger partial charge in [0.25, 0.3) is 0 Å². The molecule has 0 aromatic carbocycles. The fourth-order valence-corrected chi connectivity index (χ4v) is 2.63. The summed E-state index contributed by atoms with van der Waals surface area (Å²) in [7, 11) is 1.89. The highest BCUT2D eigenvalue weighted by atomic mass is 35.5. The second-order valence-electron chi connectivity index (χ2n) is 3.81. The summed E-state index contributed by atoms with van der Waals surface area (Å²) in [6.07, 6.45) is 5.43. The van der Waals surface area contributed by atoms with Crippen molar-refractivity contribution in [3.8, 4) is 21.8 Å². The molecule has 3 heterocycles. The lowest BCUT2D eigenvalue weighted by Gasteiger charge is -1.95. The van der Waals surface area contributed by atoms with E-state index >= 15 is 0 Å². The Hall–Kier alpha value is -1.72. The van der Waals surface area contributed by atoms with Crippen LogP contribution in [0, 0.1) is 0 Å². The van der Waals surface area contributed by atoms with Gasteiger partial charge in [-0.15, -0.1) is 11.3 Å². The number of nitrogens with zero attached hydrogens (tertiary/aromatic N) is 4. The highest BCUT2D eigenvalue weighted by molar-refractivity contribution is 7.13. The van der Waals surface area contributed by atoms with Crippen LogP contribution >= 0.6 is 22.9 Å². The van der Waals surface area contributed by atoms with Crippen LogP contribution in [-0.4, -0.2) is 19.7 Å². The van der Waals surface area contributed by atoms with Crippen LogP contribution in [0.15, 0.2) is 36.1 Å². The van der Waals surface area contributed by atoms with Gasteiger partial charge in [-0.25, -0.2) is 9.97 Å². The Bertz CT molecular complexity index is 689. The Morgan fingerprint density at radius 3 is 2.94 bits per heavy atom. The zero-order valence-electron chi connectivity index (χ0n) is 9.54. The number of hydrogen-bond donors (Lipinski definition) is 0. The summed E-state index contributed by atoms with van der Waals surface area (Å²) >= 11 is 7.46. The van der Waals surface area contributed by atoms with Crippen molar-refractivity contribution < 1.29 is 0 Å². The molecule has 0 saturated heterocycles. The standard InChI is InChI=1S/C12H9ClN4S/c1-17-6-9(5-15-17)10-7-18-12(16-10)8-2-3-14-11(13)4-8/h2-7H,1H3. The van der Waals surface area contributed by atoms with Gasteiger partial charge in [0.2, 0.25) is 0 Å². The molecule has 6 heteroatoms. The zero-order chi connectivity index (χ0) is 12.5. The van der Waals surface area contributed by atoms with E-state index in [1.165, 1.54) is 0 Å². The number of pyridine rings is 1. The largest absolute Gasteiger partial charge is 0.275 e. The van der Waals surface area contributed by atoms with Crippen LogP contribution in [0.2, 0.25) is 5.15 Å². The van der Waals surface area contributed by atoms with Crippen molar-refractivity contribution in [1.29, 1.82) is 0 Å². The molecule has 0 unspecified atom stereocenters. The van der Waals surface area contributed by atoms with E-state index in [1.54, 1.807) is 28.4 Å². The van der Waals surface area contributed by atoms with Crippen molar-refractivity contribution in [1.82, 2.24) is 19.7 Å². The van der Waals surface area contributed by atoms with Crippen molar-refractivity contribution >= 4 is 22.9 Å². The minimum atomic E-state index is 0.477. The molecule has 0 aliphatic carbocycles.